The average molecular weight is 310 g/mol. The Morgan fingerprint density at radius 1 is 1.45 bits per heavy atom. The van der Waals surface area contributed by atoms with Crippen molar-refractivity contribution in [3.05, 3.63) is 44.6 Å². The highest BCUT2D eigenvalue weighted by molar-refractivity contribution is 7.09. The molecule has 0 aliphatic carbocycles. The van der Waals surface area contributed by atoms with Crippen LogP contribution in [0.2, 0.25) is 5.15 Å². The predicted molar refractivity (Wildman–Crippen MR) is 81.4 cm³/mol. The number of hydrogen-bond donors (Lipinski definition) is 1. The van der Waals surface area contributed by atoms with Gasteiger partial charge in [-0.15, -0.1) is 11.3 Å². The Morgan fingerprint density at radius 3 is 2.80 bits per heavy atom. The van der Waals surface area contributed by atoms with E-state index in [1.54, 1.807) is 17.6 Å². The first-order chi connectivity index (χ1) is 9.47. The minimum Gasteiger partial charge on any atom is -0.347 e. The van der Waals surface area contributed by atoms with Crippen LogP contribution in [0.25, 0.3) is 0 Å². The van der Waals surface area contributed by atoms with E-state index in [-0.39, 0.29) is 11.8 Å². The highest BCUT2D eigenvalue weighted by Crippen LogP contribution is 2.18. The molecule has 0 saturated carbocycles. The number of nitrogens with one attached hydrogen (secondary N) is 1. The van der Waals surface area contributed by atoms with E-state index in [0.29, 0.717) is 17.3 Å². The van der Waals surface area contributed by atoms with Gasteiger partial charge in [0.2, 0.25) is 0 Å². The highest BCUT2D eigenvalue weighted by atomic mass is 35.5. The van der Waals surface area contributed by atoms with Crippen LogP contribution < -0.4 is 5.32 Å². The van der Waals surface area contributed by atoms with E-state index in [2.05, 4.69) is 15.3 Å². The van der Waals surface area contributed by atoms with E-state index in [9.17, 15) is 4.79 Å². The van der Waals surface area contributed by atoms with Gasteiger partial charge in [-0.25, -0.2) is 9.97 Å². The molecule has 2 heterocycles. The normalized spacial score (nSPS) is 10.8. The first kappa shape index (κ1) is 14.9. The molecule has 2 aromatic rings. The number of aromatic nitrogens is 2. The lowest BCUT2D eigenvalue weighted by Crippen LogP contribution is -2.23. The summed E-state index contributed by atoms with van der Waals surface area (Å²) in [7, 11) is 0. The van der Waals surface area contributed by atoms with Gasteiger partial charge in [0.15, 0.2) is 0 Å². The number of aryl methyl sites for hydroxylation is 1. The Balaban J connectivity index is 2.11. The molecule has 0 aliphatic rings. The van der Waals surface area contributed by atoms with Crippen molar-refractivity contribution in [2.24, 2.45) is 0 Å². The molecule has 106 valence electrons. The smallest absolute Gasteiger partial charge is 0.251 e. The molecule has 0 spiro atoms. The monoisotopic (exact) mass is 309 g/mol. The van der Waals surface area contributed by atoms with Crippen molar-refractivity contribution in [2.45, 2.75) is 33.2 Å². The first-order valence-electron chi connectivity index (χ1n) is 6.32. The standard InChI is InChI=1S/C14H16ClN3OS/c1-8(2)11-4-10(5-13(15)18-11)14(19)16-6-12-9(3)17-7-20-12/h4-5,7-8H,6H2,1-3H3,(H,16,19). The third kappa shape index (κ3) is 3.55. The maximum atomic E-state index is 12.2. The lowest BCUT2D eigenvalue weighted by Gasteiger charge is -2.09. The molecular formula is C14H16ClN3OS. The molecule has 0 atom stereocenters. The molecule has 0 aliphatic heterocycles. The van der Waals surface area contributed by atoms with Gasteiger partial charge < -0.3 is 5.32 Å². The van der Waals surface area contributed by atoms with Crippen LogP contribution in [-0.4, -0.2) is 15.9 Å². The second kappa shape index (κ2) is 6.33. The zero-order valence-electron chi connectivity index (χ0n) is 11.6. The summed E-state index contributed by atoms with van der Waals surface area (Å²) in [5.74, 6) is 0.0768. The molecule has 6 heteroatoms. The van der Waals surface area contributed by atoms with E-state index in [4.69, 9.17) is 11.6 Å². The minimum absolute atomic E-state index is 0.149. The molecule has 2 rings (SSSR count). The van der Waals surface area contributed by atoms with Gasteiger partial charge in [0.1, 0.15) is 5.15 Å². The molecule has 0 fully saturated rings. The number of halogens is 1. The van der Waals surface area contributed by atoms with Crippen LogP contribution in [0.1, 0.15) is 46.4 Å². The van der Waals surface area contributed by atoms with E-state index >= 15 is 0 Å². The van der Waals surface area contributed by atoms with E-state index < -0.39 is 0 Å². The Morgan fingerprint density at radius 2 is 2.20 bits per heavy atom. The van der Waals surface area contributed by atoms with Crippen molar-refractivity contribution in [1.82, 2.24) is 15.3 Å². The summed E-state index contributed by atoms with van der Waals surface area (Å²) in [5, 5.41) is 3.22. The minimum atomic E-state index is -0.149. The molecule has 0 radical (unpaired) electrons. The van der Waals surface area contributed by atoms with E-state index in [1.807, 2.05) is 20.8 Å². The second-order valence-corrected chi connectivity index (χ2v) is 6.13. The first-order valence-corrected chi connectivity index (χ1v) is 7.57. The molecule has 0 unspecified atom stereocenters. The fourth-order valence-electron chi connectivity index (χ4n) is 1.70. The lowest BCUT2D eigenvalue weighted by atomic mass is 10.1. The summed E-state index contributed by atoms with van der Waals surface area (Å²) < 4.78 is 0. The van der Waals surface area contributed by atoms with Crippen molar-refractivity contribution in [3.8, 4) is 0 Å². The van der Waals surface area contributed by atoms with Crippen LogP contribution in [0.5, 0.6) is 0 Å². The number of carbonyl (C=O) groups is 1. The third-order valence-corrected chi connectivity index (χ3v) is 4.05. The molecule has 2 aromatic heterocycles. The lowest BCUT2D eigenvalue weighted by molar-refractivity contribution is 0.0951. The van der Waals surface area contributed by atoms with Gasteiger partial charge in [-0.3, -0.25) is 4.79 Å². The zero-order chi connectivity index (χ0) is 14.7. The maximum Gasteiger partial charge on any atom is 0.251 e. The molecule has 1 amide bonds. The van der Waals surface area contributed by atoms with Crippen molar-refractivity contribution >= 4 is 28.8 Å². The maximum absolute atomic E-state index is 12.2. The summed E-state index contributed by atoms with van der Waals surface area (Å²) >= 11 is 7.50. The van der Waals surface area contributed by atoms with Gasteiger partial charge in [-0.05, 0) is 25.0 Å². The van der Waals surface area contributed by atoms with Gasteiger partial charge in [-0.1, -0.05) is 25.4 Å². The number of nitrogens with zero attached hydrogens (tertiary/aromatic N) is 2. The Kier molecular flexibility index (Phi) is 4.73. The Labute approximate surface area is 127 Å². The highest BCUT2D eigenvalue weighted by Gasteiger charge is 2.12. The number of rotatable bonds is 4. The third-order valence-electron chi connectivity index (χ3n) is 2.92. The fourth-order valence-corrected chi connectivity index (χ4v) is 2.63. The summed E-state index contributed by atoms with van der Waals surface area (Å²) in [6, 6.07) is 3.37. The predicted octanol–water partition coefficient (Wildman–Crippen LogP) is 3.55. The number of pyridine rings is 1. The van der Waals surface area contributed by atoms with Gasteiger partial charge >= 0.3 is 0 Å². The second-order valence-electron chi connectivity index (χ2n) is 4.80. The van der Waals surface area contributed by atoms with E-state index in [0.717, 1.165) is 16.3 Å². The van der Waals surface area contributed by atoms with Gasteiger partial charge in [0.25, 0.3) is 5.91 Å². The quantitative estimate of drug-likeness (QED) is 0.879. The number of hydrogen-bond acceptors (Lipinski definition) is 4. The molecule has 20 heavy (non-hydrogen) atoms. The van der Waals surface area contributed by atoms with Crippen LogP contribution in [-0.2, 0) is 6.54 Å². The largest absolute Gasteiger partial charge is 0.347 e. The molecule has 0 saturated heterocycles. The molecule has 4 nitrogen and oxygen atoms in total. The van der Waals surface area contributed by atoms with Gasteiger partial charge in [-0.2, -0.15) is 0 Å². The number of thiazole rings is 1. The average Bonchev–Trinajstić information content (AvgIpc) is 2.80. The van der Waals surface area contributed by atoms with Crippen LogP contribution >= 0.6 is 22.9 Å². The van der Waals surface area contributed by atoms with Crippen LogP contribution in [0.15, 0.2) is 17.6 Å². The molecule has 1 N–H and O–H groups in total. The van der Waals surface area contributed by atoms with Gasteiger partial charge in [0, 0.05) is 16.1 Å². The van der Waals surface area contributed by atoms with Crippen LogP contribution in [0, 0.1) is 6.92 Å². The number of amides is 1. The molecule has 0 aromatic carbocycles. The van der Waals surface area contributed by atoms with E-state index in [1.165, 1.54) is 11.3 Å². The number of carbonyl (C=O) groups excluding carboxylic acids is 1. The summed E-state index contributed by atoms with van der Waals surface area (Å²) in [4.78, 5) is 21.6. The fraction of sp³-hybridized carbons (Fsp3) is 0.357. The molecule has 0 bridgehead atoms. The Bertz CT molecular complexity index is 625. The molecular weight excluding hydrogens is 294 g/mol. The Hall–Kier alpha value is -1.46. The van der Waals surface area contributed by atoms with Gasteiger partial charge in [0.05, 0.1) is 17.7 Å². The topological polar surface area (TPSA) is 54.9 Å². The van der Waals surface area contributed by atoms with Crippen LogP contribution in [0.3, 0.4) is 0 Å². The van der Waals surface area contributed by atoms with Crippen LogP contribution in [0.4, 0.5) is 0 Å². The summed E-state index contributed by atoms with van der Waals surface area (Å²) in [6.45, 7) is 6.44. The van der Waals surface area contributed by atoms with Crippen molar-refractivity contribution in [1.29, 1.82) is 0 Å². The zero-order valence-corrected chi connectivity index (χ0v) is 13.2. The SMILES string of the molecule is Cc1ncsc1CNC(=O)c1cc(Cl)nc(C(C)C)c1. The van der Waals surface area contributed by atoms with Crippen molar-refractivity contribution < 1.29 is 4.79 Å². The van der Waals surface area contributed by atoms with Crippen molar-refractivity contribution in [2.75, 3.05) is 0 Å². The summed E-state index contributed by atoms with van der Waals surface area (Å²) in [5.41, 5.74) is 4.08. The van der Waals surface area contributed by atoms with Crippen molar-refractivity contribution in [3.63, 3.8) is 0 Å². The summed E-state index contributed by atoms with van der Waals surface area (Å²) in [6.07, 6.45) is 0.